The minimum atomic E-state index is -0.398. The van der Waals surface area contributed by atoms with Crippen LogP contribution in [0.25, 0.3) is 0 Å². The van der Waals surface area contributed by atoms with Crippen molar-refractivity contribution in [3.8, 4) is 0 Å². The van der Waals surface area contributed by atoms with E-state index in [2.05, 4.69) is 10.4 Å². The molecule has 1 N–H and O–H groups in total. The largest absolute Gasteiger partial charge is 0.360 e. The highest BCUT2D eigenvalue weighted by molar-refractivity contribution is 7.11. The summed E-state index contributed by atoms with van der Waals surface area (Å²) in [4.78, 5) is 13.0. The van der Waals surface area contributed by atoms with Gasteiger partial charge in [-0.3, -0.25) is 10.1 Å². The van der Waals surface area contributed by atoms with E-state index in [0.717, 1.165) is 4.88 Å². The van der Waals surface area contributed by atoms with Gasteiger partial charge in [0, 0.05) is 16.8 Å². The molecule has 2 aromatic rings. The monoisotopic (exact) mass is 266 g/mol. The smallest absolute Gasteiger partial charge is 0.333 e. The van der Waals surface area contributed by atoms with E-state index in [0.29, 0.717) is 18.1 Å². The molecule has 0 fully saturated rings. The maximum Gasteiger partial charge on any atom is 0.333 e. The Hall–Kier alpha value is -1.89. The topological polar surface area (TPSA) is 73.0 Å². The summed E-state index contributed by atoms with van der Waals surface area (Å²) in [6.45, 7) is 4.24. The highest BCUT2D eigenvalue weighted by Gasteiger charge is 2.23. The van der Waals surface area contributed by atoms with Crippen molar-refractivity contribution < 1.29 is 4.92 Å². The van der Waals surface area contributed by atoms with Crippen LogP contribution in [0.15, 0.2) is 12.1 Å². The molecule has 0 aromatic carbocycles. The fourth-order valence-corrected chi connectivity index (χ4v) is 2.64. The molecule has 0 aliphatic rings. The Kier molecular flexibility index (Phi) is 3.33. The van der Waals surface area contributed by atoms with Gasteiger partial charge in [-0.05, 0) is 26.0 Å². The van der Waals surface area contributed by atoms with Crippen LogP contribution in [-0.4, -0.2) is 14.7 Å². The fourth-order valence-electron chi connectivity index (χ4n) is 1.81. The normalized spacial score (nSPS) is 10.6. The van der Waals surface area contributed by atoms with Gasteiger partial charge in [0.05, 0.1) is 11.5 Å². The molecular weight excluding hydrogens is 252 g/mol. The molecule has 0 radical (unpaired) electrons. The molecule has 6 nitrogen and oxygen atoms in total. The van der Waals surface area contributed by atoms with Crippen LogP contribution in [0.4, 0.5) is 11.5 Å². The molecule has 0 atom stereocenters. The number of nitrogens with one attached hydrogen (secondary N) is 1. The third-order valence-electron chi connectivity index (χ3n) is 2.60. The van der Waals surface area contributed by atoms with Crippen molar-refractivity contribution in [2.24, 2.45) is 7.05 Å². The van der Waals surface area contributed by atoms with Gasteiger partial charge < -0.3 is 5.32 Å². The average Bonchev–Trinajstić information content (AvgIpc) is 2.79. The van der Waals surface area contributed by atoms with Gasteiger partial charge in [-0.1, -0.05) is 0 Å². The number of aromatic nitrogens is 2. The average molecular weight is 266 g/mol. The number of anilines is 1. The Morgan fingerprint density at radius 1 is 1.50 bits per heavy atom. The van der Waals surface area contributed by atoms with Crippen LogP contribution in [-0.2, 0) is 13.6 Å². The standard InChI is InChI=1S/C11H14N4O2S/c1-7-4-5-9(18-7)6-12-11-10(15(16)17)8(2)13-14(11)3/h4-5,12H,6H2,1-3H3. The van der Waals surface area contributed by atoms with Crippen molar-refractivity contribution in [2.75, 3.05) is 5.32 Å². The summed E-state index contributed by atoms with van der Waals surface area (Å²) in [5.74, 6) is 0.448. The molecule has 96 valence electrons. The second kappa shape index (κ2) is 4.77. The zero-order valence-electron chi connectivity index (χ0n) is 10.4. The second-order valence-corrected chi connectivity index (χ2v) is 5.40. The van der Waals surface area contributed by atoms with Crippen LogP contribution in [0.5, 0.6) is 0 Å². The Bertz CT molecular complexity index is 588. The van der Waals surface area contributed by atoms with Gasteiger partial charge in [-0.2, -0.15) is 5.10 Å². The Morgan fingerprint density at radius 2 is 2.22 bits per heavy atom. The van der Waals surface area contributed by atoms with E-state index in [9.17, 15) is 10.1 Å². The predicted octanol–water partition coefficient (Wildman–Crippen LogP) is 2.62. The summed E-state index contributed by atoms with van der Waals surface area (Å²) >= 11 is 1.67. The lowest BCUT2D eigenvalue weighted by atomic mass is 10.3. The van der Waals surface area contributed by atoms with E-state index in [1.54, 1.807) is 25.3 Å². The van der Waals surface area contributed by atoms with E-state index in [1.807, 2.05) is 19.1 Å². The van der Waals surface area contributed by atoms with Crippen molar-refractivity contribution in [1.82, 2.24) is 9.78 Å². The quantitative estimate of drug-likeness (QED) is 0.682. The van der Waals surface area contributed by atoms with Crippen LogP contribution < -0.4 is 5.32 Å². The van der Waals surface area contributed by atoms with Gasteiger partial charge in [-0.25, -0.2) is 4.68 Å². The lowest BCUT2D eigenvalue weighted by Crippen LogP contribution is -2.05. The highest BCUT2D eigenvalue weighted by atomic mass is 32.1. The first-order valence-electron chi connectivity index (χ1n) is 5.46. The van der Waals surface area contributed by atoms with E-state index in [4.69, 9.17) is 0 Å². The van der Waals surface area contributed by atoms with Crippen molar-refractivity contribution in [1.29, 1.82) is 0 Å². The summed E-state index contributed by atoms with van der Waals surface area (Å²) in [5.41, 5.74) is 0.470. The third-order valence-corrected chi connectivity index (χ3v) is 3.60. The molecule has 18 heavy (non-hydrogen) atoms. The maximum absolute atomic E-state index is 11.0. The number of hydrogen-bond acceptors (Lipinski definition) is 5. The molecule has 0 amide bonds. The molecule has 0 unspecified atom stereocenters. The van der Waals surface area contributed by atoms with Crippen LogP contribution >= 0.6 is 11.3 Å². The summed E-state index contributed by atoms with van der Waals surface area (Å²) in [5, 5.41) is 18.1. The molecule has 0 aliphatic carbocycles. The molecule has 2 aromatic heterocycles. The number of hydrogen-bond donors (Lipinski definition) is 1. The van der Waals surface area contributed by atoms with Gasteiger partial charge in [-0.15, -0.1) is 11.3 Å². The van der Waals surface area contributed by atoms with Gasteiger partial charge in [0.25, 0.3) is 0 Å². The fraction of sp³-hybridized carbons (Fsp3) is 0.364. The zero-order chi connectivity index (χ0) is 13.3. The molecule has 0 bridgehead atoms. The molecule has 0 saturated heterocycles. The van der Waals surface area contributed by atoms with Crippen LogP contribution in [0.2, 0.25) is 0 Å². The van der Waals surface area contributed by atoms with Gasteiger partial charge >= 0.3 is 5.69 Å². The number of thiophene rings is 1. The van der Waals surface area contributed by atoms with E-state index in [-0.39, 0.29) is 5.69 Å². The first kappa shape index (κ1) is 12.6. The first-order valence-corrected chi connectivity index (χ1v) is 6.28. The second-order valence-electron chi connectivity index (χ2n) is 4.03. The maximum atomic E-state index is 11.0. The van der Waals surface area contributed by atoms with Gasteiger partial charge in [0.2, 0.25) is 5.82 Å². The number of rotatable bonds is 4. The molecule has 2 heterocycles. The van der Waals surface area contributed by atoms with Crippen LogP contribution in [0.3, 0.4) is 0 Å². The molecule has 0 saturated carbocycles. The molecular formula is C11H14N4O2S. The number of aryl methyl sites for hydroxylation is 3. The Labute approximate surface area is 108 Å². The van der Waals surface area contributed by atoms with Gasteiger partial charge in [0.15, 0.2) is 0 Å². The summed E-state index contributed by atoms with van der Waals surface area (Å²) in [6.07, 6.45) is 0. The Morgan fingerprint density at radius 3 is 2.78 bits per heavy atom. The van der Waals surface area contributed by atoms with E-state index < -0.39 is 4.92 Å². The summed E-state index contributed by atoms with van der Waals surface area (Å²) in [7, 11) is 1.70. The van der Waals surface area contributed by atoms with Crippen molar-refractivity contribution in [2.45, 2.75) is 20.4 Å². The zero-order valence-corrected chi connectivity index (χ0v) is 11.2. The summed E-state index contributed by atoms with van der Waals surface area (Å²) < 4.78 is 1.51. The van der Waals surface area contributed by atoms with E-state index >= 15 is 0 Å². The predicted molar refractivity (Wildman–Crippen MR) is 71.0 cm³/mol. The van der Waals surface area contributed by atoms with Crippen molar-refractivity contribution >= 4 is 22.8 Å². The molecule has 7 heteroatoms. The molecule has 2 rings (SSSR count). The van der Waals surface area contributed by atoms with Crippen molar-refractivity contribution in [3.05, 3.63) is 37.7 Å². The SMILES string of the molecule is Cc1ccc(CNc2c([N+](=O)[O-])c(C)nn2C)s1. The van der Waals surface area contributed by atoms with Gasteiger partial charge in [0.1, 0.15) is 5.69 Å². The van der Waals surface area contributed by atoms with Crippen molar-refractivity contribution in [3.63, 3.8) is 0 Å². The highest BCUT2D eigenvalue weighted by Crippen LogP contribution is 2.28. The number of nitrogens with zero attached hydrogens (tertiary/aromatic N) is 3. The Balaban J connectivity index is 2.21. The third kappa shape index (κ3) is 2.35. The lowest BCUT2D eigenvalue weighted by molar-refractivity contribution is -0.384. The first-order chi connectivity index (χ1) is 8.49. The van der Waals surface area contributed by atoms with E-state index in [1.165, 1.54) is 9.56 Å². The minimum Gasteiger partial charge on any atom is -0.360 e. The van der Waals surface area contributed by atoms with Crippen LogP contribution in [0, 0.1) is 24.0 Å². The lowest BCUT2D eigenvalue weighted by Gasteiger charge is -2.04. The number of nitro groups is 1. The molecule has 0 spiro atoms. The minimum absolute atomic E-state index is 0.0470. The molecule has 0 aliphatic heterocycles. The summed E-state index contributed by atoms with van der Waals surface area (Å²) in [6, 6.07) is 4.05. The van der Waals surface area contributed by atoms with Crippen LogP contribution in [0.1, 0.15) is 15.4 Å².